The third-order valence-corrected chi connectivity index (χ3v) is 4.04. The number of ether oxygens (including phenoxy) is 3. The Balaban J connectivity index is 2.05. The van der Waals surface area contributed by atoms with Crippen LogP contribution < -0.4 is 14.8 Å². The van der Waals surface area contributed by atoms with Crippen LogP contribution >= 0.6 is 0 Å². The van der Waals surface area contributed by atoms with Crippen LogP contribution in [0.25, 0.3) is 5.57 Å². The highest BCUT2D eigenvalue weighted by atomic mass is 19.3. The molecule has 5 nitrogen and oxygen atoms in total. The fourth-order valence-corrected chi connectivity index (χ4v) is 2.56. The second-order valence-electron chi connectivity index (χ2n) is 5.99. The number of halogens is 2. The molecule has 0 aromatic heterocycles. The van der Waals surface area contributed by atoms with Crippen molar-refractivity contribution in [3.05, 3.63) is 65.4 Å². The highest BCUT2D eigenvalue weighted by Crippen LogP contribution is 2.27. The Kier molecular flexibility index (Phi) is 7.80. The van der Waals surface area contributed by atoms with E-state index in [2.05, 4.69) is 10.1 Å². The SMILES string of the molecule is COc1ccc(CCNC(=O)/C(=C\OC(F)F)c2ccc(C)cc2)cc1OC. The Morgan fingerprint density at radius 2 is 1.75 bits per heavy atom. The lowest BCUT2D eigenvalue weighted by molar-refractivity contribution is -0.116. The van der Waals surface area contributed by atoms with Crippen molar-refractivity contribution in [2.45, 2.75) is 20.0 Å². The number of hydrogen-bond acceptors (Lipinski definition) is 4. The number of carbonyl (C=O) groups is 1. The van der Waals surface area contributed by atoms with Gasteiger partial charge in [0.05, 0.1) is 19.8 Å². The molecule has 0 radical (unpaired) electrons. The molecule has 0 aliphatic heterocycles. The van der Waals surface area contributed by atoms with Crippen molar-refractivity contribution in [2.75, 3.05) is 20.8 Å². The molecule has 7 heteroatoms. The topological polar surface area (TPSA) is 56.8 Å². The average molecular weight is 391 g/mol. The van der Waals surface area contributed by atoms with Gasteiger partial charge in [0.2, 0.25) is 0 Å². The number of amides is 1. The molecule has 2 aromatic rings. The minimum atomic E-state index is -3.00. The second kappa shape index (κ2) is 10.3. The number of aryl methyl sites for hydroxylation is 1. The number of rotatable bonds is 9. The predicted octanol–water partition coefficient (Wildman–Crippen LogP) is 3.95. The third-order valence-electron chi connectivity index (χ3n) is 4.04. The minimum absolute atomic E-state index is 0.0348. The quantitative estimate of drug-likeness (QED) is 0.519. The van der Waals surface area contributed by atoms with Gasteiger partial charge in [-0.2, -0.15) is 8.78 Å². The number of hydrogen-bond donors (Lipinski definition) is 1. The first kappa shape index (κ1) is 21.2. The summed E-state index contributed by atoms with van der Waals surface area (Å²) < 4.78 is 39.5. The maximum atomic E-state index is 12.5. The van der Waals surface area contributed by atoms with Crippen LogP contribution in [0, 0.1) is 6.92 Å². The number of benzene rings is 2. The van der Waals surface area contributed by atoms with E-state index in [1.54, 1.807) is 44.6 Å². The van der Waals surface area contributed by atoms with Crippen LogP contribution in [0.3, 0.4) is 0 Å². The van der Waals surface area contributed by atoms with E-state index in [0.717, 1.165) is 17.4 Å². The van der Waals surface area contributed by atoms with Crippen LogP contribution in [0.1, 0.15) is 16.7 Å². The zero-order valence-corrected chi connectivity index (χ0v) is 16.0. The largest absolute Gasteiger partial charge is 0.493 e. The van der Waals surface area contributed by atoms with E-state index >= 15 is 0 Å². The number of carbonyl (C=O) groups excluding carboxylic acids is 1. The molecule has 0 atom stereocenters. The lowest BCUT2D eigenvalue weighted by Gasteiger charge is -2.12. The van der Waals surface area contributed by atoms with Crippen LogP contribution in [0.15, 0.2) is 48.7 Å². The van der Waals surface area contributed by atoms with Crippen LogP contribution in [0.5, 0.6) is 11.5 Å². The van der Waals surface area contributed by atoms with E-state index in [4.69, 9.17) is 9.47 Å². The Morgan fingerprint density at radius 3 is 2.36 bits per heavy atom. The van der Waals surface area contributed by atoms with Crippen molar-refractivity contribution in [1.29, 1.82) is 0 Å². The van der Waals surface area contributed by atoms with Gasteiger partial charge >= 0.3 is 6.61 Å². The van der Waals surface area contributed by atoms with Crippen LogP contribution in [0.2, 0.25) is 0 Å². The second-order valence-corrected chi connectivity index (χ2v) is 5.99. The molecule has 0 aliphatic rings. The fraction of sp³-hybridized carbons (Fsp3) is 0.286. The van der Waals surface area contributed by atoms with Gasteiger partial charge < -0.3 is 19.5 Å². The normalized spacial score (nSPS) is 11.3. The van der Waals surface area contributed by atoms with Crippen molar-refractivity contribution >= 4 is 11.5 Å². The standard InChI is InChI=1S/C21H23F2NO4/c1-14-4-7-16(8-5-14)17(13-28-21(22)23)20(25)24-11-10-15-6-9-18(26-2)19(12-15)27-3/h4-9,12-13,21H,10-11H2,1-3H3,(H,24,25)/b17-13-. The van der Waals surface area contributed by atoms with Gasteiger partial charge in [-0.25, -0.2) is 0 Å². The van der Waals surface area contributed by atoms with Crippen LogP contribution in [-0.2, 0) is 16.0 Å². The summed E-state index contributed by atoms with van der Waals surface area (Å²) in [6, 6.07) is 12.4. The van der Waals surface area contributed by atoms with E-state index in [-0.39, 0.29) is 5.57 Å². The first-order valence-corrected chi connectivity index (χ1v) is 8.64. The van der Waals surface area contributed by atoms with Crippen molar-refractivity contribution < 1.29 is 27.8 Å². The van der Waals surface area contributed by atoms with Crippen molar-refractivity contribution in [3.8, 4) is 11.5 Å². The number of nitrogens with one attached hydrogen (secondary N) is 1. The van der Waals surface area contributed by atoms with Gasteiger partial charge in [0, 0.05) is 6.54 Å². The molecule has 0 unspecified atom stereocenters. The van der Waals surface area contributed by atoms with Gasteiger partial charge in [-0.15, -0.1) is 0 Å². The van der Waals surface area contributed by atoms with Gasteiger partial charge in [0.25, 0.3) is 5.91 Å². The van der Waals surface area contributed by atoms with Crippen molar-refractivity contribution in [1.82, 2.24) is 5.32 Å². The molecule has 0 bridgehead atoms. The Labute approximate surface area is 162 Å². The molecule has 2 rings (SSSR count). The molecule has 0 saturated heterocycles. The molecule has 1 N–H and O–H groups in total. The Morgan fingerprint density at radius 1 is 1.07 bits per heavy atom. The number of alkyl halides is 2. The molecular weight excluding hydrogens is 368 g/mol. The molecular formula is C21H23F2NO4. The monoisotopic (exact) mass is 391 g/mol. The van der Waals surface area contributed by atoms with Crippen LogP contribution in [0.4, 0.5) is 8.78 Å². The first-order valence-electron chi connectivity index (χ1n) is 8.64. The van der Waals surface area contributed by atoms with Gasteiger partial charge in [-0.3, -0.25) is 4.79 Å². The summed E-state index contributed by atoms with van der Waals surface area (Å²) in [6.07, 6.45) is 1.32. The van der Waals surface area contributed by atoms with Gasteiger partial charge in [-0.1, -0.05) is 35.9 Å². The predicted molar refractivity (Wildman–Crippen MR) is 103 cm³/mol. The maximum Gasteiger partial charge on any atom is 0.386 e. The minimum Gasteiger partial charge on any atom is -0.493 e. The molecule has 0 heterocycles. The summed E-state index contributed by atoms with van der Waals surface area (Å²) in [5, 5.41) is 2.73. The van der Waals surface area contributed by atoms with Crippen LogP contribution in [-0.4, -0.2) is 33.3 Å². The van der Waals surface area contributed by atoms with Gasteiger partial charge in [-0.05, 0) is 36.6 Å². The highest BCUT2D eigenvalue weighted by Gasteiger charge is 2.14. The summed E-state index contributed by atoms with van der Waals surface area (Å²) in [6.45, 7) is -0.793. The summed E-state index contributed by atoms with van der Waals surface area (Å²) >= 11 is 0. The van der Waals surface area contributed by atoms with E-state index in [0.29, 0.717) is 30.0 Å². The van der Waals surface area contributed by atoms with E-state index in [9.17, 15) is 13.6 Å². The summed E-state index contributed by atoms with van der Waals surface area (Å²) in [4.78, 5) is 12.5. The summed E-state index contributed by atoms with van der Waals surface area (Å²) in [5.74, 6) is 0.714. The van der Waals surface area contributed by atoms with Gasteiger partial charge in [0.1, 0.15) is 6.26 Å². The smallest absolute Gasteiger partial charge is 0.386 e. The highest BCUT2D eigenvalue weighted by molar-refractivity contribution is 6.19. The Hall–Kier alpha value is -3.09. The average Bonchev–Trinajstić information content (AvgIpc) is 2.69. The zero-order chi connectivity index (χ0) is 20.5. The van der Waals surface area contributed by atoms with Crippen molar-refractivity contribution in [2.24, 2.45) is 0 Å². The summed E-state index contributed by atoms with van der Waals surface area (Å²) in [5.41, 5.74) is 2.46. The molecule has 28 heavy (non-hydrogen) atoms. The van der Waals surface area contributed by atoms with Gasteiger partial charge in [0.15, 0.2) is 11.5 Å². The van der Waals surface area contributed by atoms with E-state index < -0.39 is 12.5 Å². The zero-order valence-electron chi connectivity index (χ0n) is 16.0. The molecule has 0 saturated carbocycles. The van der Waals surface area contributed by atoms with Crippen molar-refractivity contribution in [3.63, 3.8) is 0 Å². The first-order chi connectivity index (χ1) is 13.4. The molecule has 150 valence electrons. The lowest BCUT2D eigenvalue weighted by atomic mass is 10.0. The van der Waals surface area contributed by atoms with E-state index in [1.807, 2.05) is 19.1 Å². The molecule has 0 fully saturated rings. The lowest BCUT2D eigenvalue weighted by Crippen LogP contribution is -2.27. The maximum absolute atomic E-state index is 12.5. The molecule has 0 spiro atoms. The molecule has 2 aromatic carbocycles. The Bertz CT molecular complexity index is 820. The fourth-order valence-electron chi connectivity index (χ4n) is 2.56. The third kappa shape index (κ3) is 5.97. The molecule has 1 amide bonds. The number of methoxy groups -OCH3 is 2. The van der Waals surface area contributed by atoms with E-state index in [1.165, 1.54) is 0 Å². The summed E-state index contributed by atoms with van der Waals surface area (Å²) in [7, 11) is 3.10. The molecule has 0 aliphatic carbocycles.